The van der Waals surface area contributed by atoms with E-state index in [1.54, 1.807) is 11.0 Å². The van der Waals surface area contributed by atoms with Gasteiger partial charge >= 0.3 is 6.09 Å². The summed E-state index contributed by atoms with van der Waals surface area (Å²) in [6, 6.07) is 5.31. The molecule has 0 radical (unpaired) electrons. The minimum atomic E-state index is -0.508. The highest BCUT2D eigenvalue weighted by Crippen LogP contribution is 2.24. The smallest absolute Gasteiger partial charge is 0.410 e. The second kappa shape index (κ2) is 10.4. The lowest BCUT2D eigenvalue weighted by Crippen LogP contribution is -2.63. The number of aliphatic hydroxyl groups is 1. The van der Waals surface area contributed by atoms with Crippen molar-refractivity contribution in [3.8, 4) is 0 Å². The summed E-state index contributed by atoms with van der Waals surface area (Å²) in [4.78, 5) is 20.3. The average molecular weight is 450 g/mol. The molecule has 2 fully saturated rings. The number of nitrogens with zero attached hydrogens (tertiary/aromatic N) is 3. The summed E-state index contributed by atoms with van der Waals surface area (Å²) in [6.45, 7) is 11.0. The molecule has 0 aromatic heterocycles. The third-order valence-electron chi connectivity index (χ3n) is 5.46. The molecule has 2 aliphatic heterocycles. The van der Waals surface area contributed by atoms with Crippen molar-refractivity contribution < 1.29 is 19.0 Å². The molecule has 2 heterocycles. The van der Waals surface area contributed by atoms with Crippen LogP contribution >= 0.6 is 0 Å². The third kappa shape index (κ3) is 6.72. The van der Waals surface area contributed by atoms with E-state index in [1.807, 2.05) is 38.7 Å². The number of ether oxygens (including phenoxy) is 1. The SMILES string of the molecule is CCNC(=NCc1ccc(N2CCC(O)CC2)c(F)c1)NC1CN(C(=O)OC(C)(C)C)C1. The maximum Gasteiger partial charge on any atom is 0.410 e. The molecule has 2 saturated heterocycles. The lowest BCUT2D eigenvalue weighted by molar-refractivity contribution is 0.00700. The van der Waals surface area contributed by atoms with Crippen molar-refractivity contribution in [1.82, 2.24) is 15.5 Å². The lowest BCUT2D eigenvalue weighted by Gasteiger charge is -2.40. The van der Waals surface area contributed by atoms with Crippen LogP contribution < -0.4 is 15.5 Å². The van der Waals surface area contributed by atoms with Gasteiger partial charge < -0.3 is 30.3 Å². The summed E-state index contributed by atoms with van der Waals surface area (Å²) in [5, 5.41) is 16.2. The summed E-state index contributed by atoms with van der Waals surface area (Å²) < 4.78 is 20.1. The van der Waals surface area contributed by atoms with Gasteiger partial charge in [0.1, 0.15) is 11.4 Å². The topological polar surface area (TPSA) is 89.4 Å². The number of carbonyl (C=O) groups excluding carboxylic acids is 1. The molecule has 178 valence electrons. The van der Waals surface area contributed by atoms with Gasteiger partial charge in [0.2, 0.25) is 0 Å². The molecule has 32 heavy (non-hydrogen) atoms. The molecule has 0 saturated carbocycles. The lowest BCUT2D eigenvalue weighted by atomic mass is 10.1. The maximum atomic E-state index is 14.7. The molecular weight excluding hydrogens is 413 g/mol. The molecule has 1 aromatic carbocycles. The Bertz CT molecular complexity index is 812. The summed E-state index contributed by atoms with van der Waals surface area (Å²) in [7, 11) is 0. The number of anilines is 1. The summed E-state index contributed by atoms with van der Waals surface area (Å²) >= 11 is 0. The Labute approximate surface area is 189 Å². The van der Waals surface area contributed by atoms with Crippen LogP contribution in [0.5, 0.6) is 0 Å². The summed E-state index contributed by atoms with van der Waals surface area (Å²) in [5.41, 5.74) is 0.849. The van der Waals surface area contributed by atoms with E-state index < -0.39 is 5.60 Å². The van der Waals surface area contributed by atoms with E-state index in [2.05, 4.69) is 15.6 Å². The van der Waals surface area contributed by atoms with Crippen molar-refractivity contribution in [2.75, 3.05) is 37.6 Å². The normalized spacial score (nSPS) is 18.4. The highest BCUT2D eigenvalue weighted by atomic mass is 19.1. The number of nitrogens with one attached hydrogen (secondary N) is 2. The van der Waals surface area contributed by atoms with Gasteiger partial charge in [-0.3, -0.25) is 0 Å². The number of carbonyl (C=O) groups is 1. The Balaban J connectivity index is 1.53. The van der Waals surface area contributed by atoms with Crippen LogP contribution in [0.2, 0.25) is 0 Å². The second-order valence-corrected chi connectivity index (χ2v) is 9.43. The van der Waals surface area contributed by atoms with Crippen LogP contribution in [-0.4, -0.2) is 72.5 Å². The average Bonchev–Trinajstić information content (AvgIpc) is 2.68. The third-order valence-corrected chi connectivity index (χ3v) is 5.46. The Morgan fingerprint density at radius 3 is 2.56 bits per heavy atom. The number of aliphatic hydroxyl groups excluding tert-OH is 1. The van der Waals surface area contributed by atoms with Crippen LogP contribution in [0, 0.1) is 5.82 Å². The number of likely N-dealkylation sites (tertiary alicyclic amines) is 1. The first-order chi connectivity index (χ1) is 15.1. The first kappa shape index (κ1) is 24.1. The van der Waals surface area contributed by atoms with Gasteiger partial charge in [-0.2, -0.15) is 0 Å². The van der Waals surface area contributed by atoms with E-state index in [0.717, 1.165) is 5.56 Å². The molecular formula is C23H36FN5O3. The van der Waals surface area contributed by atoms with E-state index >= 15 is 0 Å². The van der Waals surface area contributed by atoms with Crippen molar-refractivity contribution >= 4 is 17.7 Å². The van der Waals surface area contributed by atoms with Crippen molar-refractivity contribution in [2.45, 2.75) is 64.8 Å². The number of aliphatic imine (C=N–C) groups is 1. The first-order valence-corrected chi connectivity index (χ1v) is 11.4. The molecule has 9 heteroatoms. The van der Waals surface area contributed by atoms with E-state index in [0.29, 0.717) is 63.8 Å². The number of guanidine groups is 1. The number of hydrogen-bond donors (Lipinski definition) is 3. The van der Waals surface area contributed by atoms with Gasteiger partial charge in [-0.05, 0) is 58.2 Å². The minimum Gasteiger partial charge on any atom is -0.444 e. The number of rotatable bonds is 5. The van der Waals surface area contributed by atoms with Crippen LogP contribution in [0.3, 0.4) is 0 Å². The summed E-state index contributed by atoms with van der Waals surface area (Å²) in [6.07, 6.45) is 0.730. The molecule has 3 N–H and O–H groups in total. The van der Waals surface area contributed by atoms with Gasteiger partial charge in [0.15, 0.2) is 5.96 Å². The Morgan fingerprint density at radius 1 is 1.28 bits per heavy atom. The largest absolute Gasteiger partial charge is 0.444 e. The Kier molecular flexibility index (Phi) is 7.82. The first-order valence-electron chi connectivity index (χ1n) is 11.4. The molecule has 8 nitrogen and oxygen atoms in total. The van der Waals surface area contributed by atoms with Crippen molar-refractivity contribution in [3.63, 3.8) is 0 Å². The standard InChI is InChI=1S/C23H36FN5O3/c1-5-25-21(27-17-14-29(15-17)22(31)32-23(2,3)4)26-13-16-6-7-20(19(24)12-16)28-10-8-18(30)9-11-28/h6-7,12,17-18,30H,5,8-11,13-15H2,1-4H3,(H2,25,26,27). The monoisotopic (exact) mass is 449 g/mol. The molecule has 0 aliphatic carbocycles. The highest BCUT2D eigenvalue weighted by molar-refractivity contribution is 5.80. The van der Waals surface area contributed by atoms with Crippen LogP contribution in [0.4, 0.5) is 14.9 Å². The zero-order valence-corrected chi connectivity index (χ0v) is 19.5. The van der Waals surface area contributed by atoms with Gasteiger partial charge in [-0.25, -0.2) is 14.2 Å². The van der Waals surface area contributed by atoms with Crippen LogP contribution in [0.15, 0.2) is 23.2 Å². The second-order valence-electron chi connectivity index (χ2n) is 9.43. The van der Waals surface area contributed by atoms with E-state index in [1.165, 1.54) is 6.07 Å². The van der Waals surface area contributed by atoms with Crippen LogP contribution in [-0.2, 0) is 11.3 Å². The predicted molar refractivity (Wildman–Crippen MR) is 123 cm³/mol. The molecule has 0 bridgehead atoms. The summed E-state index contributed by atoms with van der Waals surface area (Å²) in [5.74, 6) is 0.370. The fourth-order valence-electron chi connectivity index (χ4n) is 3.74. The quantitative estimate of drug-likeness (QED) is 0.473. The zero-order chi connectivity index (χ0) is 23.3. The fourth-order valence-corrected chi connectivity index (χ4v) is 3.74. The highest BCUT2D eigenvalue weighted by Gasteiger charge is 2.34. The molecule has 0 atom stereocenters. The number of benzene rings is 1. The van der Waals surface area contributed by atoms with E-state index in [-0.39, 0.29) is 24.1 Å². The van der Waals surface area contributed by atoms with Gasteiger partial charge in [0.05, 0.1) is 24.4 Å². The van der Waals surface area contributed by atoms with Gasteiger partial charge in [-0.15, -0.1) is 0 Å². The van der Waals surface area contributed by atoms with Crippen molar-refractivity contribution in [2.24, 2.45) is 4.99 Å². The molecule has 3 rings (SSSR count). The van der Waals surface area contributed by atoms with Crippen molar-refractivity contribution in [1.29, 1.82) is 0 Å². The molecule has 1 amide bonds. The van der Waals surface area contributed by atoms with E-state index in [4.69, 9.17) is 4.74 Å². The molecule has 0 spiro atoms. The van der Waals surface area contributed by atoms with Gasteiger partial charge in [-0.1, -0.05) is 6.07 Å². The Morgan fingerprint density at radius 2 is 1.97 bits per heavy atom. The molecule has 1 aromatic rings. The number of piperidine rings is 1. The van der Waals surface area contributed by atoms with Gasteiger partial charge in [0, 0.05) is 32.7 Å². The maximum absolute atomic E-state index is 14.7. The minimum absolute atomic E-state index is 0.0916. The zero-order valence-electron chi connectivity index (χ0n) is 19.5. The van der Waals surface area contributed by atoms with Crippen LogP contribution in [0.25, 0.3) is 0 Å². The number of halogens is 1. The molecule has 0 unspecified atom stereocenters. The molecule has 2 aliphatic rings. The Hall–Kier alpha value is -2.55. The predicted octanol–water partition coefficient (Wildman–Crippen LogP) is 2.46. The fraction of sp³-hybridized carbons (Fsp3) is 0.652. The van der Waals surface area contributed by atoms with Crippen LogP contribution in [0.1, 0.15) is 46.1 Å². The van der Waals surface area contributed by atoms with Gasteiger partial charge in [0.25, 0.3) is 0 Å². The number of amides is 1. The number of hydrogen-bond acceptors (Lipinski definition) is 5. The van der Waals surface area contributed by atoms with E-state index in [9.17, 15) is 14.3 Å². The van der Waals surface area contributed by atoms with Crippen molar-refractivity contribution in [3.05, 3.63) is 29.6 Å².